The molecule has 0 aromatic heterocycles. The Bertz CT molecular complexity index is 808. The maximum absolute atomic E-state index is 11.8. The molecular weight excluding hydrogens is 360 g/mol. The molecule has 28 heavy (non-hydrogen) atoms. The Morgan fingerprint density at radius 2 is 1.18 bits per heavy atom. The molecule has 0 aliphatic heterocycles. The number of carbonyl (C=O) groups is 1. The van der Waals surface area contributed by atoms with E-state index >= 15 is 0 Å². The molecule has 3 rings (SSSR count). The molecule has 0 N–H and O–H groups in total. The molecule has 0 fully saturated rings. The summed E-state index contributed by atoms with van der Waals surface area (Å²) in [5.74, 6) is -0.314. The van der Waals surface area contributed by atoms with Crippen LogP contribution in [0.5, 0.6) is 0 Å². The lowest BCUT2D eigenvalue weighted by Crippen LogP contribution is -2.67. The zero-order valence-corrected chi connectivity index (χ0v) is 17.3. The highest BCUT2D eigenvalue weighted by molar-refractivity contribution is 7.11. The summed E-state index contributed by atoms with van der Waals surface area (Å²) in [6.45, 7) is 5.75. The monoisotopic (exact) mass is 386 g/mol. The average Bonchev–Trinajstić information content (AvgIpc) is 2.75. The van der Waals surface area contributed by atoms with Crippen molar-refractivity contribution >= 4 is 29.6 Å². The fraction of sp³-hybridized carbons (Fsp3) is 0.160. The number of benzene rings is 3. The highest BCUT2D eigenvalue weighted by Crippen LogP contribution is 2.15. The molecule has 0 spiro atoms. The molecule has 0 saturated carbocycles. The maximum Gasteiger partial charge on any atom is 0.333 e. The summed E-state index contributed by atoms with van der Waals surface area (Å²) >= 11 is 0. The zero-order chi connectivity index (χ0) is 19.8. The van der Waals surface area contributed by atoms with Crippen LogP contribution in [0.3, 0.4) is 0 Å². The topological polar surface area (TPSA) is 26.3 Å². The summed E-state index contributed by atoms with van der Waals surface area (Å²) in [6, 6.07) is 33.3. The first-order chi connectivity index (χ1) is 13.6. The van der Waals surface area contributed by atoms with Gasteiger partial charge >= 0.3 is 5.97 Å². The molecule has 0 radical (unpaired) electrons. The third-order valence-electron chi connectivity index (χ3n) is 5.08. The van der Waals surface area contributed by atoms with E-state index in [2.05, 4.69) is 97.6 Å². The van der Waals surface area contributed by atoms with Gasteiger partial charge in [-0.2, -0.15) is 0 Å². The van der Waals surface area contributed by atoms with E-state index in [1.54, 1.807) is 6.92 Å². The first-order valence-electron chi connectivity index (χ1n) is 9.64. The van der Waals surface area contributed by atoms with Gasteiger partial charge in [0.05, 0.1) is 6.61 Å². The fourth-order valence-corrected chi connectivity index (χ4v) is 8.55. The van der Waals surface area contributed by atoms with Gasteiger partial charge in [0.25, 0.3) is 0 Å². The zero-order valence-electron chi connectivity index (χ0n) is 16.3. The Morgan fingerprint density at radius 1 is 0.786 bits per heavy atom. The molecule has 0 atom stereocenters. The molecule has 3 aromatic carbocycles. The predicted octanol–water partition coefficient (Wildman–Crippen LogP) is 3.67. The molecule has 0 saturated heterocycles. The molecule has 142 valence electrons. The normalized spacial score (nSPS) is 11.0. The van der Waals surface area contributed by atoms with Gasteiger partial charge in [-0.15, -0.1) is 0 Å². The second-order valence-corrected chi connectivity index (χ2v) is 11.1. The molecule has 0 bridgehead atoms. The van der Waals surface area contributed by atoms with Crippen LogP contribution in [0, 0.1) is 0 Å². The molecule has 0 aliphatic carbocycles. The summed E-state index contributed by atoms with van der Waals surface area (Å²) in [5, 5.41) is 4.12. The second-order valence-electron chi connectivity index (χ2n) is 7.02. The van der Waals surface area contributed by atoms with E-state index < -0.39 is 8.07 Å². The van der Waals surface area contributed by atoms with E-state index in [-0.39, 0.29) is 5.97 Å². The quantitative estimate of drug-likeness (QED) is 0.194. The third-order valence-corrected chi connectivity index (χ3v) is 10.1. The van der Waals surface area contributed by atoms with E-state index in [0.29, 0.717) is 12.2 Å². The van der Waals surface area contributed by atoms with E-state index in [1.165, 1.54) is 15.6 Å². The Balaban J connectivity index is 2.01. The number of rotatable bonds is 8. The largest absolute Gasteiger partial charge is 0.462 e. The van der Waals surface area contributed by atoms with Gasteiger partial charge in [0.15, 0.2) is 0 Å². The maximum atomic E-state index is 11.8. The highest BCUT2D eigenvalue weighted by Gasteiger charge is 2.38. The van der Waals surface area contributed by atoms with Gasteiger partial charge < -0.3 is 4.74 Å². The van der Waals surface area contributed by atoms with Crippen LogP contribution in [0.15, 0.2) is 103 Å². The summed E-state index contributed by atoms with van der Waals surface area (Å²) < 4.78 is 5.39. The minimum absolute atomic E-state index is 0.314. The number of esters is 1. The van der Waals surface area contributed by atoms with E-state index in [1.807, 2.05) is 0 Å². The standard InChI is InChI=1S/C25H26O2Si/c1-21(2)25(26)27-19-12-20-28(22-13-6-3-7-14-22,23-15-8-4-9-16-23)24-17-10-5-11-18-24/h3-11,13-18H,1,12,19-20H2,2H3. The van der Waals surface area contributed by atoms with Crippen molar-refractivity contribution in [3.05, 3.63) is 103 Å². The van der Waals surface area contributed by atoms with Gasteiger partial charge in [-0.05, 0) is 34.9 Å². The van der Waals surface area contributed by atoms with Crippen molar-refractivity contribution < 1.29 is 9.53 Å². The van der Waals surface area contributed by atoms with Crippen molar-refractivity contribution in [1.82, 2.24) is 0 Å². The Morgan fingerprint density at radius 3 is 1.54 bits per heavy atom. The molecule has 2 nitrogen and oxygen atoms in total. The van der Waals surface area contributed by atoms with Gasteiger partial charge in [-0.3, -0.25) is 0 Å². The van der Waals surface area contributed by atoms with Crippen molar-refractivity contribution in [3.63, 3.8) is 0 Å². The van der Waals surface area contributed by atoms with Gasteiger partial charge in [-0.1, -0.05) is 97.6 Å². The molecule has 0 heterocycles. The summed E-state index contributed by atoms with van der Waals surface area (Å²) in [5.41, 5.74) is 0.442. The molecule has 0 aliphatic rings. The summed E-state index contributed by atoms with van der Waals surface area (Å²) in [6.07, 6.45) is 0.809. The van der Waals surface area contributed by atoms with Crippen molar-refractivity contribution in [1.29, 1.82) is 0 Å². The van der Waals surface area contributed by atoms with E-state index in [9.17, 15) is 4.79 Å². The molecule has 0 amide bonds. The van der Waals surface area contributed by atoms with Crippen molar-refractivity contribution in [3.8, 4) is 0 Å². The number of ether oxygens (including phenoxy) is 1. The minimum Gasteiger partial charge on any atom is -0.462 e. The van der Waals surface area contributed by atoms with Crippen LogP contribution in [0.25, 0.3) is 0 Å². The van der Waals surface area contributed by atoms with Crippen LogP contribution >= 0.6 is 0 Å². The lowest BCUT2D eigenvalue weighted by Gasteiger charge is -2.34. The summed E-state index contributed by atoms with van der Waals surface area (Å²) in [7, 11) is -2.24. The average molecular weight is 387 g/mol. The van der Waals surface area contributed by atoms with Crippen LogP contribution < -0.4 is 15.6 Å². The molecular formula is C25H26O2Si. The van der Waals surface area contributed by atoms with Gasteiger partial charge in [0.2, 0.25) is 0 Å². The Kier molecular flexibility index (Phi) is 6.61. The first kappa shape index (κ1) is 19.8. The lowest BCUT2D eigenvalue weighted by molar-refractivity contribution is -0.138. The fourth-order valence-electron chi connectivity index (χ4n) is 3.73. The molecule has 3 heteroatoms. The molecule has 3 aromatic rings. The van der Waals surface area contributed by atoms with E-state index in [4.69, 9.17) is 4.74 Å². The number of hydrogen-bond donors (Lipinski definition) is 0. The first-order valence-corrected chi connectivity index (χ1v) is 11.8. The second kappa shape index (κ2) is 9.33. The smallest absolute Gasteiger partial charge is 0.333 e. The lowest BCUT2D eigenvalue weighted by atomic mass is 10.3. The minimum atomic E-state index is -2.24. The van der Waals surface area contributed by atoms with Gasteiger partial charge in [0.1, 0.15) is 8.07 Å². The van der Waals surface area contributed by atoms with Gasteiger partial charge in [0, 0.05) is 5.57 Å². The highest BCUT2D eigenvalue weighted by atomic mass is 28.3. The summed E-state index contributed by atoms with van der Waals surface area (Å²) in [4.78, 5) is 11.8. The van der Waals surface area contributed by atoms with Crippen LogP contribution in [0.4, 0.5) is 0 Å². The van der Waals surface area contributed by atoms with Crippen LogP contribution in [-0.2, 0) is 9.53 Å². The molecule has 0 unspecified atom stereocenters. The SMILES string of the molecule is C=C(C)C(=O)OCCC[Si](c1ccccc1)(c1ccccc1)c1ccccc1. The van der Waals surface area contributed by atoms with Crippen LogP contribution in [-0.4, -0.2) is 20.7 Å². The predicted molar refractivity (Wildman–Crippen MR) is 119 cm³/mol. The number of carbonyl (C=O) groups excluding carboxylic acids is 1. The van der Waals surface area contributed by atoms with Crippen molar-refractivity contribution in [2.45, 2.75) is 19.4 Å². The van der Waals surface area contributed by atoms with Crippen LogP contribution in [0.1, 0.15) is 13.3 Å². The third kappa shape index (κ3) is 4.32. The Hall–Kier alpha value is -2.91. The van der Waals surface area contributed by atoms with Crippen molar-refractivity contribution in [2.24, 2.45) is 0 Å². The van der Waals surface area contributed by atoms with Crippen LogP contribution in [0.2, 0.25) is 6.04 Å². The van der Waals surface area contributed by atoms with E-state index in [0.717, 1.165) is 12.5 Å². The number of hydrogen-bond acceptors (Lipinski definition) is 2. The van der Waals surface area contributed by atoms with Gasteiger partial charge in [-0.25, -0.2) is 4.79 Å². The van der Waals surface area contributed by atoms with Crippen molar-refractivity contribution in [2.75, 3.05) is 6.61 Å². The Labute approximate surface area is 168 Å².